The number of methoxy groups -OCH3 is 2. The van der Waals surface area contributed by atoms with Crippen LogP contribution in [-0.4, -0.2) is 45.4 Å². The number of rotatable bonds is 10. The highest BCUT2D eigenvalue weighted by molar-refractivity contribution is 5.97. The summed E-state index contributed by atoms with van der Waals surface area (Å²) in [5.41, 5.74) is 1.65. The molecule has 0 aliphatic rings. The molecule has 2 rings (SSSR count). The second kappa shape index (κ2) is 11.2. The maximum Gasteiger partial charge on any atom is 0.411 e. The first-order chi connectivity index (χ1) is 14.7. The maximum absolute atomic E-state index is 12.2. The molecule has 0 heterocycles. The van der Waals surface area contributed by atoms with Gasteiger partial charge in [-0.25, -0.2) is 0 Å². The molecule has 168 valence electrons. The summed E-state index contributed by atoms with van der Waals surface area (Å²) in [4.78, 5) is 24.2. The third-order valence-electron chi connectivity index (χ3n) is 4.10. The quantitative estimate of drug-likeness (QED) is 0.594. The Hall–Kier alpha value is -3.27. The molecule has 7 nitrogen and oxygen atoms in total. The van der Waals surface area contributed by atoms with Crippen molar-refractivity contribution in [3.8, 4) is 11.5 Å². The molecule has 0 aliphatic carbocycles. The minimum absolute atomic E-state index is 0.158. The zero-order valence-electron chi connectivity index (χ0n) is 17.0. The molecular formula is C21H23F3N2O5. The van der Waals surface area contributed by atoms with E-state index in [1.54, 1.807) is 36.4 Å². The third kappa shape index (κ3) is 8.17. The van der Waals surface area contributed by atoms with Crippen LogP contribution in [0.3, 0.4) is 0 Å². The van der Waals surface area contributed by atoms with Crippen molar-refractivity contribution in [1.29, 1.82) is 0 Å². The topological polar surface area (TPSA) is 85.9 Å². The van der Waals surface area contributed by atoms with Gasteiger partial charge in [-0.1, -0.05) is 24.3 Å². The van der Waals surface area contributed by atoms with Crippen LogP contribution < -0.4 is 20.1 Å². The lowest BCUT2D eigenvalue weighted by Gasteiger charge is -2.11. The lowest BCUT2D eigenvalue weighted by Crippen LogP contribution is -2.36. The van der Waals surface area contributed by atoms with Crippen molar-refractivity contribution in [2.24, 2.45) is 0 Å². The number of halogens is 3. The molecule has 2 N–H and O–H groups in total. The van der Waals surface area contributed by atoms with Gasteiger partial charge < -0.3 is 24.8 Å². The summed E-state index contributed by atoms with van der Waals surface area (Å²) in [6, 6.07) is 11.2. The van der Waals surface area contributed by atoms with E-state index in [-0.39, 0.29) is 19.7 Å². The molecule has 0 spiro atoms. The van der Waals surface area contributed by atoms with Crippen LogP contribution in [0.15, 0.2) is 42.5 Å². The summed E-state index contributed by atoms with van der Waals surface area (Å²) < 4.78 is 51.1. The molecule has 0 aromatic heterocycles. The second-order valence-electron chi connectivity index (χ2n) is 6.45. The highest BCUT2D eigenvalue weighted by Crippen LogP contribution is 2.27. The van der Waals surface area contributed by atoms with Gasteiger partial charge in [0.2, 0.25) is 5.91 Å². The molecular weight excluding hydrogens is 417 g/mol. The van der Waals surface area contributed by atoms with Crippen molar-refractivity contribution in [1.82, 2.24) is 10.6 Å². The van der Waals surface area contributed by atoms with Crippen LogP contribution in [0, 0.1) is 0 Å². The monoisotopic (exact) mass is 440 g/mol. The zero-order valence-corrected chi connectivity index (χ0v) is 17.0. The van der Waals surface area contributed by atoms with Gasteiger partial charge in [-0.3, -0.25) is 9.59 Å². The molecule has 0 aliphatic heterocycles. The Balaban J connectivity index is 1.76. The zero-order chi connectivity index (χ0) is 22.9. The number of benzene rings is 2. The molecule has 0 saturated heterocycles. The van der Waals surface area contributed by atoms with Gasteiger partial charge in [0.05, 0.1) is 27.4 Å². The fourth-order valence-corrected chi connectivity index (χ4v) is 2.54. The van der Waals surface area contributed by atoms with E-state index < -0.39 is 24.6 Å². The normalized spacial score (nSPS) is 11.0. The van der Waals surface area contributed by atoms with Crippen molar-refractivity contribution in [3.63, 3.8) is 0 Å². The predicted octanol–water partition coefficient (Wildman–Crippen LogP) is 2.83. The first-order valence-electron chi connectivity index (χ1n) is 9.21. The lowest BCUT2D eigenvalue weighted by molar-refractivity contribution is -0.176. The summed E-state index contributed by atoms with van der Waals surface area (Å²) >= 11 is 0. The van der Waals surface area contributed by atoms with E-state index in [2.05, 4.69) is 15.4 Å². The van der Waals surface area contributed by atoms with Crippen LogP contribution in [0.1, 0.15) is 21.5 Å². The van der Waals surface area contributed by atoms with E-state index >= 15 is 0 Å². The molecule has 2 amide bonds. The minimum atomic E-state index is -4.36. The summed E-state index contributed by atoms with van der Waals surface area (Å²) in [6.07, 6.45) is -4.36. The first kappa shape index (κ1) is 24.0. The van der Waals surface area contributed by atoms with Crippen LogP contribution in [0.4, 0.5) is 13.2 Å². The summed E-state index contributed by atoms with van der Waals surface area (Å²) in [6.45, 7) is -1.49. The molecule has 2 aromatic carbocycles. The highest BCUT2D eigenvalue weighted by Gasteiger charge is 2.27. The third-order valence-corrected chi connectivity index (χ3v) is 4.10. The number of carbonyl (C=O) groups excluding carboxylic acids is 2. The molecule has 0 saturated carbocycles. The number of nitrogens with one attached hydrogen (secondary N) is 2. The van der Waals surface area contributed by atoms with Crippen molar-refractivity contribution < 1.29 is 37.0 Å². The molecule has 0 atom stereocenters. The van der Waals surface area contributed by atoms with E-state index in [1.165, 1.54) is 20.3 Å². The summed E-state index contributed by atoms with van der Waals surface area (Å²) in [5.74, 6) is 0.0345. The van der Waals surface area contributed by atoms with E-state index in [1.807, 2.05) is 0 Å². The molecule has 2 aromatic rings. The molecule has 10 heteroatoms. The largest absolute Gasteiger partial charge is 0.493 e. The van der Waals surface area contributed by atoms with Crippen LogP contribution in [-0.2, 0) is 22.7 Å². The molecule has 0 unspecified atom stereocenters. The number of hydrogen-bond acceptors (Lipinski definition) is 5. The predicted molar refractivity (Wildman–Crippen MR) is 106 cm³/mol. The maximum atomic E-state index is 12.2. The average molecular weight is 440 g/mol. The van der Waals surface area contributed by atoms with Gasteiger partial charge in [0.25, 0.3) is 5.91 Å². The summed E-state index contributed by atoms with van der Waals surface area (Å²) in [5, 5.41) is 5.16. The Morgan fingerprint density at radius 2 is 1.55 bits per heavy atom. The average Bonchev–Trinajstić information content (AvgIpc) is 2.75. The number of hydrogen-bond donors (Lipinski definition) is 2. The van der Waals surface area contributed by atoms with Crippen molar-refractivity contribution in [3.05, 3.63) is 59.2 Å². The molecule has 0 bridgehead atoms. The van der Waals surface area contributed by atoms with Gasteiger partial charge in [-0.05, 0) is 29.3 Å². The van der Waals surface area contributed by atoms with Gasteiger partial charge in [-0.15, -0.1) is 0 Å². The fourth-order valence-electron chi connectivity index (χ4n) is 2.54. The van der Waals surface area contributed by atoms with Crippen LogP contribution in [0.2, 0.25) is 0 Å². The Morgan fingerprint density at radius 3 is 2.16 bits per heavy atom. The summed E-state index contributed by atoms with van der Waals surface area (Å²) in [7, 11) is 2.94. The van der Waals surface area contributed by atoms with Gasteiger partial charge >= 0.3 is 6.18 Å². The second-order valence-corrected chi connectivity index (χ2v) is 6.45. The standard InChI is InChI=1S/C21H23F3N2O5/c1-29-17-8-7-16(9-18(17)30-2)20(28)26-11-19(27)25-10-14-3-5-15(6-4-14)12-31-13-21(22,23)24/h3-9H,10-13H2,1-2H3,(H,25,27)(H,26,28). The number of carbonyl (C=O) groups is 2. The van der Waals surface area contributed by atoms with E-state index in [0.717, 1.165) is 5.56 Å². The Bertz CT molecular complexity index is 886. The molecule has 0 fully saturated rings. The Labute approximate surface area is 177 Å². The minimum Gasteiger partial charge on any atom is -0.493 e. The number of amides is 2. The van der Waals surface area contributed by atoms with Crippen molar-refractivity contribution in [2.45, 2.75) is 19.3 Å². The first-order valence-corrected chi connectivity index (χ1v) is 9.21. The number of alkyl halides is 3. The van der Waals surface area contributed by atoms with Gasteiger partial charge in [0.15, 0.2) is 11.5 Å². The van der Waals surface area contributed by atoms with Crippen LogP contribution in [0.25, 0.3) is 0 Å². The van der Waals surface area contributed by atoms with Gasteiger partial charge in [-0.2, -0.15) is 13.2 Å². The van der Waals surface area contributed by atoms with Crippen molar-refractivity contribution >= 4 is 11.8 Å². The van der Waals surface area contributed by atoms with Gasteiger partial charge in [0, 0.05) is 12.1 Å². The van der Waals surface area contributed by atoms with E-state index in [9.17, 15) is 22.8 Å². The van der Waals surface area contributed by atoms with Crippen LogP contribution >= 0.6 is 0 Å². The highest BCUT2D eigenvalue weighted by atomic mass is 19.4. The van der Waals surface area contributed by atoms with Gasteiger partial charge in [0.1, 0.15) is 6.61 Å². The van der Waals surface area contributed by atoms with Crippen LogP contribution in [0.5, 0.6) is 11.5 Å². The number of ether oxygens (including phenoxy) is 3. The molecule has 31 heavy (non-hydrogen) atoms. The molecule has 0 radical (unpaired) electrons. The Morgan fingerprint density at radius 1 is 0.903 bits per heavy atom. The van der Waals surface area contributed by atoms with E-state index in [0.29, 0.717) is 22.6 Å². The Kier molecular flexibility index (Phi) is 8.68. The lowest BCUT2D eigenvalue weighted by atomic mass is 10.1. The van der Waals surface area contributed by atoms with Crippen molar-refractivity contribution in [2.75, 3.05) is 27.4 Å². The SMILES string of the molecule is COc1ccc(C(=O)NCC(=O)NCc2ccc(COCC(F)(F)F)cc2)cc1OC. The smallest absolute Gasteiger partial charge is 0.411 e. The fraction of sp³-hybridized carbons (Fsp3) is 0.333. The van der Waals surface area contributed by atoms with E-state index in [4.69, 9.17) is 9.47 Å².